The van der Waals surface area contributed by atoms with E-state index in [2.05, 4.69) is 5.32 Å². The Labute approximate surface area is 101 Å². The number of carboxylic acids is 1. The Morgan fingerprint density at radius 2 is 1.82 bits per heavy atom. The zero-order chi connectivity index (χ0) is 13.9. The molecule has 1 unspecified atom stereocenters. The van der Waals surface area contributed by atoms with E-state index in [9.17, 15) is 14.2 Å². The van der Waals surface area contributed by atoms with Gasteiger partial charge in [0.05, 0.1) is 7.14 Å². The minimum atomic E-state index is -2.53. The number of alkyl carbamates (subject to hydrolysis) is 1. The Kier molecular flexibility index (Phi) is 5.20. The second-order valence-corrected chi connectivity index (χ2v) is 8.81. The summed E-state index contributed by atoms with van der Waals surface area (Å²) in [6.45, 7) is 7.96. The van der Waals surface area contributed by atoms with Crippen molar-refractivity contribution < 1.29 is 24.0 Å². The molecule has 0 radical (unpaired) electrons. The van der Waals surface area contributed by atoms with Gasteiger partial charge in [0, 0.05) is 6.16 Å². The lowest BCUT2D eigenvalue weighted by molar-refractivity contribution is -0.138. The molecular weight excluding hydrogens is 245 g/mol. The monoisotopic (exact) mass is 265 g/mol. The van der Waals surface area contributed by atoms with Crippen molar-refractivity contribution in [3.8, 4) is 0 Å². The van der Waals surface area contributed by atoms with E-state index in [4.69, 9.17) is 9.84 Å². The zero-order valence-electron chi connectivity index (χ0n) is 10.8. The highest BCUT2D eigenvalue weighted by Gasteiger charge is 2.27. The van der Waals surface area contributed by atoms with Gasteiger partial charge in [0.15, 0.2) is 0 Å². The lowest BCUT2D eigenvalue weighted by atomic mass is 10.2. The van der Waals surface area contributed by atoms with E-state index in [1.807, 2.05) is 0 Å². The highest BCUT2D eigenvalue weighted by Crippen LogP contribution is 2.36. The molecule has 0 aromatic rings. The number of carbonyl (C=O) groups is 2. The van der Waals surface area contributed by atoms with E-state index >= 15 is 0 Å². The van der Waals surface area contributed by atoms with Crippen LogP contribution in [0, 0.1) is 0 Å². The van der Waals surface area contributed by atoms with Gasteiger partial charge in [0.1, 0.15) is 11.6 Å². The largest absolute Gasteiger partial charge is 0.480 e. The lowest BCUT2D eigenvalue weighted by Gasteiger charge is -2.22. The van der Waals surface area contributed by atoms with Gasteiger partial charge in [-0.25, -0.2) is 9.59 Å². The summed E-state index contributed by atoms with van der Waals surface area (Å²) in [6, 6.07) is -1.19. The van der Waals surface area contributed by atoms with Crippen LogP contribution in [0.1, 0.15) is 20.8 Å². The number of amides is 1. The third-order valence-electron chi connectivity index (χ3n) is 1.61. The van der Waals surface area contributed by atoms with Crippen LogP contribution in [0.15, 0.2) is 0 Å². The van der Waals surface area contributed by atoms with Crippen LogP contribution in [0.25, 0.3) is 0 Å². The molecule has 6 nitrogen and oxygen atoms in total. The third kappa shape index (κ3) is 8.74. The summed E-state index contributed by atoms with van der Waals surface area (Å²) in [5.41, 5.74) is -0.699. The normalized spacial score (nSPS) is 13.9. The summed E-state index contributed by atoms with van der Waals surface area (Å²) in [6.07, 6.45) is -0.917. The molecule has 0 spiro atoms. The molecular formula is C10H20NO5P. The van der Waals surface area contributed by atoms with Crippen LogP contribution in [0.5, 0.6) is 0 Å². The van der Waals surface area contributed by atoms with Gasteiger partial charge in [-0.1, -0.05) is 0 Å². The molecule has 0 aliphatic carbocycles. The highest BCUT2D eigenvalue weighted by atomic mass is 31.2. The van der Waals surface area contributed by atoms with Gasteiger partial charge >= 0.3 is 12.1 Å². The number of hydrogen-bond acceptors (Lipinski definition) is 4. The Morgan fingerprint density at radius 3 is 2.12 bits per heavy atom. The molecule has 0 saturated heterocycles. The summed E-state index contributed by atoms with van der Waals surface area (Å²) in [5, 5.41) is 11.1. The molecule has 100 valence electrons. The lowest BCUT2D eigenvalue weighted by Crippen LogP contribution is -2.45. The fraction of sp³-hybridized carbons (Fsp3) is 0.800. The minimum Gasteiger partial charge on any atom is -0.480 e. The maximum absolute atomic E-state index is 11.5. The standard InChI is InChI=1S/C10H20NO5P/c1-10(2,3)16-9(14)11-7(8(12)13)6-17(4,5)15/h7H,6H2,1-5H3,(H,11,14)(H,12,13). The second-order valence-electron chi connectivity index (χ2n) is 5.29. The first kappa shape index (κ1) is 16.0. The smallest absolute Gasteiger partial charge is 0.408 e. The maximum atomic E-state index is 11.5. The van der Waals surface area contributed by atoms with Gasteiger partial charge < -0.3 is 19.7 Å². The summed E-state index contributed by atoms with van der Waals surface area (Å²) in [5.74, 6) is -1.22. The molecule has 17 heavy (non-hydrogen) atoms. The molecule has 1 atom stereocenters. The number of nitrogens with one attached hydrogen (secondary N) is 1. The zero-order valence-corrected chi connectivity index (χ0v) is 11.7. The van der Waals surface area contributed by atoms with Gasteiger partial charge in [0.25, 0.3) is 0 Å². The molecule has 0 rings (SSSR count). The van der Waals surface area contributed by atoms with Crippen molar-refractivity contribution >= 4 is 19.2 Å². The van der Waals surface area contributed by atoms with Crippen molar-refractivity contribution in [3.05, 3.63) is 0 Å². The number of carboxylic acid groups (broad SMARTS) is 1. The first-order valence-electron chi connectivity index (χ1n) is 5.17. The van der Waals surface area contributed by atoms with Crippen molar-refractivity contribution in [2.24, 2.45) is 0 Å². The van der Waals surface area contributed by atoms with Crippen molar-refractivity contribution in [1.82, 2.24) is 5.32 Å². The van der Waals surface area contributed by atoms with Crippen LogP contribution < -0.4 is 5.32 Å². The van der Waals surface area contributed by atoms with Crippen LogP contribution in [-0.2, 0) is 14.1 Å². The summed E-state index contributed by atoms with van der Waals surface area (Å²) >= 11 is 0. The van der Waals surface area contributed by atoms with Crippen molar-refractivity contribution in [3.63, 3.8) is 0 Å². The van der Waals surface area contributed by atoms with E-state index in [0.717, 1.165) is 0 Å². The van der Waals surface area contributed by atoms with Crippen LogP contribution in [0.2, 0.25) is 0 Å². The molecule has 0 aromatic heterocycles. The quantitative estimate of drug-likeness (QED) is 0.753. The Bertz CT molecular complexity index is 341. The van der Waals surface area contributed by atoms with Gasteiger partial charge in [-0.05, 0) is 34.1 Å². The molecule has 0 aliphatic rings. The molecule has 0 fully saturated rings. The summed E-state index contributed by atoms with van der Waals surface area (Å²) in [7, 11) is -2.53. The Morgan fingerprint density at radius 1 is 1.35 bits per heavy atom. The van der Waals surface area contributed by atoms with E-state index < -0.39 is 30.8 Å². The predicted octanol–water partition coefficient (Wildman–Crippen LogP) is 1.59. The molecule has 0 heterocycles. The molecule has 0 bridgehead atoms. The van der Waals surface area contributed by atoms with Crippen LogP contribution in [-0.4, -0.2) is 48.3 Å². The summed E-state index contributed by atoms with van der Waals surface area (Å²) < 4.78 is 16.5. The molecule has 7 heteroatoms. The van der Waals surface area contributed by atoms with Gasteiger partial charge in [0.2, 0.25) is 0 Å². The maximum Gasteiger partial charge on any atom is 0.408 e. The van der Waals surface area contributed by atoms with Crippen LogP contribution >= 0.6 is 7.14 Å². The molecule has 0 aliphatic heterocycles. The van der Waals surface area contributed by atoms with E-state index in [1.54, 1.807) is 20.8 Å². The van der Waals surface area contributed by atoms with Crippen LogP contribution in [0.4, 0.5) is 4.79 Å². The number of hydrogen-bond donors (Lipinski definition) is 2. The van der Waals surface area contributed by atoms with E-state index in [1.165, 1.54) is 13.3 Å². The third-order valence-corrected chi connectivity index (χ3v) is 2.86. The van der Waals surface area contributed by atoms with E-state index in [-0.39, 0.29) is 6.16 Å². The minimum absolute atomic E-state index is 0.0957. The molecule has 0 aromatic carbocycles. The number of aliphatic carboxylic acids is 1. The fourth-order valence-electron chi connectivity index (χ4n) is 1.07. The average Bonchev–Trinajstić information content (AvgIpc) is 1.95. The van der Waals surface area contributed by atoms with Gasteiger partial charge in [-0.3, -0.25) is 0 Å². The average molecular weight is 265 g/mol. The number of rotatable bonds is 4. The Balaban J connectivity index is 4.52. The SMILES string of the molecule is CC(C)(C)OC(=O)NC(CP(C)(C)=O)C(=O)O. The predicted molar refractivity (Wildman–Crippen MR) is 65.1 cm³/mol. The summed E-state index contributed by atoms with van der Waals surface area (Å²) in [4.78, 5) is 22.3. The van der Waals surface area contributed by atoms with Crippen molar-refractivity contribution in [1.29, 1.82) is 0 Å². The second kappa shape index (κ2) is 5.54. The molecule has 1 amide bonds. The van der Waals surface area contributed by atoms with Gasteiger partial charge in [-0.2, -0.15) is 0 Å². The highest BCUT2D eigenvalue weighted by molar-refractivity contribution is 7.62. The molecule has 2 N–H and O–H groups in total. The number of ether oxygens (including phenoxy) is 1. The number of carbonyl (C=O) groups excluding carboxylic acids is 1. The van der Waals surface area contributed by atoms with Crippen LogP contribution in [0.3, 0.4) is 0 Å². The van der Waals surface area contributed by atoms with E-state index in [0.29, 0.717) is 0 Å². The first-order valence-corrected chi connectivity index (χ1v) is 7.96. The van der Waals surface area contributed by atoms with Gasteiger partial charge in [-0.15, -0.1) is 0 Å². The van der Waals surface area contributed by atoms with Crippen molar-refractivity contribution in [2.75, 3.05) is 19.5 Å². The topological polar surface area (TPSA) is 92.7 Å². The Hall–Kier alpha value is -1.03. The molecule has 0 saturated carbocycles. The first-order chi connectivity index (χ1) is 7.41. The fourth-order valence-corrected chi connectivity index (χ4v) is 2.20. The van der Waals surface area contributed by atoms with Crippen molar-refractivity contribution in [2.45, 2.75) is 32.4 Å².